The van der Waals surface area contributed by atoms with Crippen molar-refractivity contribution in [1.82, 2.24) is 5.32 Å². The van der Waals surface area contributed by atoms with Crippen molar-refractivity contribution in [3.05, 3.63) is 0 Å². The third-order valence-electron chi connectivity index (χ3n) is 4.28. The summed E-state index contributed by atoms with van der Waals surface area (Å²) in [6.45, 7) is 8.16. The van der Waals surface area contributed by atoms with E-state index in [1.165, 1.54) is 64.3 Å². The van der Waals surface area contributed by atoms with Crippen molar-refractivity contribution in [2.45, 2.75) is 84.6 Å². The molecule has 2 atom stereocenters. The van der Waals surface area contributed by atoms with Gasteiger partial charge in [-0.3, -0.25) is 0 Å². The van der Waals surface area contributed by atoms with Gasteiger partial charge in [-0.25, -0.2) is 0 Å². The molecule has 1 saturated carbocycles. The van der Waals surface area contributed by atoms with Crippen molar-refractivity contribution >= 4 is 0 Å². The summed E-state index contributed by atoms with van der Waals surface area (Å²) >= 11 is 0. The molecule has 1 rings (SSSR count). The van der Waals surface area contributed by atoms with Crippen molar-refractivity contribution in [2.75, 3.05) is 6.54 Å². The molecule has 0 aromatic carbocycles. The molecule has 0 bridgehead atoms. The molecule has 0 spiro atoms. The normalized spacial score (nSPS) is 19.2. The fourth-order valence-electron chi connectivity index (χ4n) is 2.79. The van der Waals surface area contributed by atoms with Crippen molar-refractivity contribution in [3.63, 3.8) is 0 Å². The van der Waals surface area contributed by atoms with Crippen molar-refractivity contribution in [2.24, 2.45) is 11.8 Å². The average molecular weight is 239 g/mol. The summed E-state index contributed by atoms with van der Waals surface area (Å²) in [7, 11) is 0. The smallest absolute Gasteiger partial charge is 0.00954 e. The fraction of sp³-hybridized carbons (Fsp3) is 1.00. The van der Waals surface area contributed by atoms with Gasteiger partial charge in [0.2, 0.25) is 0 Å². The van der Waals surface area contributed by atoms with Gasteiger partial charge in [-0.1, -0.05) is 46.5 Å². The van der Waals surface area contributed by atoms with Crippen molar-refractivity contribution < 1.29 is 0 Å². The van der Waals surface area contributed by atoms with Crippen LogP contribution >= 0.6 is 0 Å². The molecule has 1 N–H and O–H groups in total. The largest absolute Gasteiger partial charge is 0.314 e. The first-order valence-electron chi connectivity index (χ1n) is 8.05. The third kappa shape index (κ3) is 6.45. The first kappa shape index (κ1) is 15.0. The van der Waals surface area contributed by atoms with Crippen molar-refractivity contribution in [3.8, 4) is 0 Å². The second-order valence-corrected chi connectivity index (χ2v) is 5.89. The molecular weight excluding hydrogens is 206 g/mol. The maximum atomic E-state index is 3.77. The van der Waals surface area contributed by atoms with Gasteiger partial charge < -0.3 is 5.32 Å². The molecule has 2 unspecified atom stereocenters. The number of unbranched alkanes of at least 4 members (excludes halogenated alkanes) is 1. The minimum Gasteiger partial charge on any atom is -0.314 e. The molecule has 0 aromatic rings. The Morgan fingerprint density at radius 2 is 1.76 bits per heavy atom. The van der Waals surface area contributed by atoms with Crippen LogP contribution in [0.4, 0.5) is 0 Å². The van der Waals surface area contributed by atoms with Gasteiger partial charge in [0.1, 0.15) is 0 Å². The molecule has 0 aromatic heterocycles. The summed E-state index contributed by atoms with van der Waals surface area (Å²) in [5, 5.41) is 3.77. The molecule has 1 aliphatic rings. The van der Waals surface area contributed by atoms with Gasteiger partial charge in [0.15, 0.2) is 0 Å². The summed E-state index contributed by atoms with van der Waals surface area (Å²) in [6, 6.07) is 0.839. The van der Waals surface area contributed by atoms with Gasteiger partial charge in [-0.05, 0) is 50.5 Å². The van der Waals surface area contributed by atoms with E-state index in [4.69, 9.17) is 0 Å². The van der Waals surface area contributed by atoms with Gasteiger partial charge in [-0.2, -0.15) is 0 Å². The molecule has 1 heteroatoms. The lowest BCUT2D eigenvalue weighted by Gasteiger charge is -2.21. The lowest BCUT2D eigenvalue weighted by Crippen LogP contribution is -2.32. The van der Waals surface area contributed by atoms with Gasteiger partial charge in [0, 0.05) is 6.04 Å². The highest BCUT2D eigenvalue weighted by Crippen LogP contribution is 2.35. The zero-order chi connectivity index (χ0) is 12.5. The molecule has 0 radical (unpaired) electrons. The Hall–Kier alpha value is -0.0400. The van der Waals surface area contributed by atoms with Crippen LogP contribution in [-0.4, -0.2) is 12.6 Å². The highest BCUT2D eigenvalue weighted by Gasteiger charge is 2.30. The highest BCUT2D eigenvalue weighted by molar-refractivity contribution is 4.86. The maximum absolute atomic E-state index is 3.77. The zero-order valence-electron chi connectivity index (χ0n) is 12.3. The minimum absolute atomic E-state index is 0.839. The standard InChI is InChI=1S/C16H33N/c1-4-7-8-14(6-3)9-12-16(15-10-11-15)17-13-5-2/h14-17H,4-13H2,1-3H3. The topological polar surface area (TPSA) is 12.0 Å². The number of hydrogen-bond donors (Lipinski definition) is 1. The zero-order valence-corrected chi connectivity index (χ0v) is 12.3. The second-order valence-electron chi connectivity index (χ2n) is 5.89. The van der Waals surface area contributed by atoms with E-state index in [9.17, 15) is 0 Å². The summed E-state index contributed by atoms with van der Waals surface area (Å²) in [4.78, 5) is 0. The maximum Gasteiger partial charge on any atom is 0.00954 e. The monoisotopic (exact) mass is 239 g/mol. The molecule has 1 nitrogen and oxygen atoms in total. The second kappa shape index (κ2) is 8.97. The Bertz CT molecular complexity index is 174. The summed E-state index contributed by atoms with van der Waals surface area (Å²) in [5.41, 5.74) is 0. The van der Waals surface area contributed by atoms with Crippen LogP contribution in [0.1, 0.15) is 78.6 Å². The van der Waals surface area contributed by atoms with Gasteiger partial charge in [0.25, 0.3) is 0 Å². The van der Waals surface area contributed by atoms with Gasteiger partial charge in [-0.15, -0.1) is 0 Å². The number of hydrogen-bond acceptors (Lipinski definition) is 1. The minimum atomic E-state index is 0.839. The fourth-order valence-corrected chi connectivity index (χ4v) is 2.79. The van der Waals surface area contributed by atoms with E-state index in [2.05, 4.69) is 26.1 Å². The van der Waals surface area contributed by atoms with Crippen LogP contribution in [0.15, 0.2) is 0 Å². The van der Waals surface area contributed by atoms with E-state index in [1.54, 1.807) is 0 Å². The molecule has 0 amide bonds. The van der Waals surface area contributed by atoms with Crippen LogP contribution in [0.3, 0.4) is 0 Å². The lowest BCUT2D eigenvalue weighted by molar-refractivity contribution is 0.350. The molecule has 1 aliphatic carbocycles. The molecule has 0 aliphatic heterocycles. The Morgan fingerprint density at radius 3 is 2.29 bits per heavy atom. The Labute approximate surface area is 109 Å². The highest BCUT2D eigenvalue weighted by atomic mass is 14.9. The number of rotatable bonds is 11. The molecule has 0 saturated heterocycles. The van der Waals surface area contributed by atoms with E-state index in [-0.39, 0.29) is 0 Å². The summed E-state index contributed by atoms with van der Waals surface area (Å²) in [6.07, 6.45) is 12.7. The van der Waals surface area contributed by atoms with E-state index in [1.807, 2.05) is 0 Å². The quantitative estimate of drug-likeness (QED) is 0.548. The SMILES string of the molecule is CCCCC(CC)CCC(NCCC)C1CC1. The van der Waals surface area contributed by atoms with Gasteiger partial charge >= 0.3 is 0 Å². The van der Waals surface area contributed by atoms with E-state index < -0.39 is 0 Å². The van der Waals surface area contributed by atoms with Crippen LogP contribution in [-0.2, 0) is 0 Å². The van der Waals surface area contributed by atoms with E-state index in [0.29, 0.717) is 0 Å². The molecule has 0 heterocycles. The van der Waals surface area contributed by atoms with E-state index in [0.717, 1.165) is 17.9 Å². The van der Waals surface area contributed by atoms with Crippen LogP contribution in [0.2, 0.25) is 0 Å². The average Bonchev–Trinajstić information content (AvgIpc) is 3.17. The van der Waals surface area contributed by atoms with Crippen LogP contribution in [0, 0.1) is 11.8 Å². The van der Waals surface area contributed by atoms with E-state index >= 15 is 0 Å². The van der Waals surface area contributed by atoms with Crippen LogP contribution in [0.5, 0.6) is 0 Å². The predicted molar refractivity (Wildman–Crippen MR) is 77.3 cm³/mol. The number of nitrogens with one attached hydrogen (secondary N) is 1. The Morgan fingerprint density at radius 1 is 1.00 bits per heavy atom. The summed E-state index contributed by atoms with van der Waals surface area (Å²) in [5.74, 6) is 2.00. The summed E-state index contributed by atoms with van der Waals surface area (Å²) < 4.78 is 0. The van der Waals surface area contributed by atoms with Gasteiger partial charge in [0.05, 0.1) is 0 Å². The van der Waals surface area contributed by atoms with Crippen molar-refractivity contribution in [1.29, 1.82) is 0 Å². The molecule has 17 heavy (non-hydrogen) atoms. The molecule has 1 fully saturated rings. The first-order valence-corrected chi connectivity index (χ1v) is 8.05. The molecular formula is C16H33N. The van der Waals surface area contributed by atoms with Crippen LogP contribution in [0.25, 0.3) is 0 Å². The third-order valence-corrected chi connectivity index (χ3v) is 4.28. The van der Waals surface area contributed by atoms with Crippen LogP contribution < -0.4 is 5.32 Å². The lowest BCUT2D eigenvalue weighted by atomic mass is 9.91. The predicted octanol–water partition coefficient (Wildman–Crippen LogP) is 4.76. The molecule has 102 valence electrons. The Kier molecular flexibility index (Phi) is 7.92. The first-order chi connectivity index (χ1) is 8.31. The Balaban J connectivity index is 2.18.